The van der Waals surface area contributed by atoms with Gasteiger partial charge in [0.05, 0.1) is 11.5 Å². The summed E-state index contributed by atoms with van der Waals surface area (Å²) < 4.78 is 23.0. The lowest BCUT2D eigenvalue weighted by atomic mass is 9.83. The molecule has 1 aliphatic rings. The van der Waals surface area contributed by atoms with Gasteiger partial charge in [0.2, 0.25) is 0 Å². The van der Waals surface area contributed by atoms with E-state index in [1.54, 1.807) is 11.3 Å². The summed E-state index contributed by atoms with van der Waals surface area (Å²) in [5.41, 5.74) is 5.60. The molecule has 2 N–H and O–H groups in total. The Kier molecular flexibility index (Phi) is 3.37. The largest absolute Gasteiger partial charge is 0.330 e. The van der Waals surface area contributed by atoms with E-state index >= 15 is 0 Å². The van der Waals surface area contributed by atoms with Gasteiger partial charge in [-0.1, -0.05) is 6.07 Å². The van der Waals surface area contributed by atoms with Gasteiger partial charge >= 0.3 is 0 Å². The lowest BCUT2D eigenvalue weighted by Crippen LogP contribution is -2.32. The molecule has 0 spiro atoms. The zero-order valence-electron chi connectivity index (χ0n) is 9.19. The number of thiophene rings is 1. The monoisotopic (exact) mass is 259 g/mol. The van der Waals surface area contributed by atoms with E-state index in [9.17, 15) is 8.42 Å². The Balaban J connectivity index is 2.01. The Morgan fingerprint density at radius 2 is 2.31 bits per heavy atom. The molecule has 1 fully saturated rings. The second-order valence-electron chi connectivity index (χ2n) is 4.63. The highest BCUT2D eigenvalue weighted by Gasteiger charge is 2.40. The first kappa shape index (κ1) is 12.1. The van der Waals surface area contributed by atoms with Crippen LogP contribution < -0.4 is 5.73 Å². The summed E-state index contributed by atoms with van der Waals surface area (Å²) in [6.07, 6.45) is 2.57. The molecular weight excluding hydrogens is 242 g/mol. The van der Waals surface area contributed by atoms with Crippen molar-refractivity contribution in [2.45, 2.75) is 19.3 Å². The summed E-state index contributed by atoms with van der Waals surface area (Å²) in [4.78, 5) is 1.32. The third-order valence-electron chi connectivity index (χ3n) is 3.38. The summed E-state index contributed by atoms with van der Waals surface area (Å²) in [5.74, 6) is 0.594. The Hall–Kier alpha value is -0.390. The maximum atomic E-state index is 11.5. The van der Waals surface area contributed by atoms with Gasteiger partial charge in [-0.15, -0.1) is 11.3 Å². The molecule has 1 aliphatic heterocycles. The SMILES string of the molecule is NCC1(CCc2cccs2)CCS(=O)(=O)C1. The van der Waals surface area contributed by atoms with Crippen LogP contribution in [0.25, 0.3) is 0 Å². The summed E-state index contributed by atoms with van der Waals surface area (Å²) in [5, 5.41) is 2.05. The average molecular weight is 259 g/mol. The predicted octanol–water partition coefficient (Wildman–Crippen LogP) is 1.44. The van der Waals surface area contributed by atoms with Crippen LogP contribution in [0.15, 0.2) is 17.5 Å². The third-order valence-corrected chi connectivity index (χ3v) is 6.20. The number of sulfone groups is 1. The molecule has 1 atom stereocenters. The molecule has 2 rings (SSSR count). The highest BCUT2D eigenvalue weighted by molar-refractivity contribution is 7.91. The van der Waals surface area contributed by atoms with Gasteiger partial charge in [0.15, 0.2) is 9.84 Å². The van der Waals surface area contributed by atoms with Crippen LogP contribution in [0.1, 0.15) is 17.7 Å². The van der Waals surface area contributed by atoms with Crippen LogP contribution >= 0.6 is 11.3 Å². The van der Waals surface area contributed by atoms with Crippen molar-refractivity contribution in [3.05, 3.63) is 22.4 Å². The molecule has 1 aromatic heterocycles. The first-order chi connectivity index (χ1) is 7.55. The van der Waals surface area contributed by atoms with Gasteiger partial charge in [-0.3, -0.25) is 0 Å². The molecule has 1 unspecified atom stereocenters. The molecule has 0 bridgehead atoms. The van der Waals surface area contributed by atoms with Gasteiger partial charge in [0, 0.05) is 4.88 Å². The molecule has 0 radical (unpaired) electrons. The van der Waals surface area contributed by atoms with E-state index in [1.165, 1.54) is 4.88 Å². The minimum Gasteiger partial charge on any atom is -0.330 e. The van der Waals surface area contributed by atoms with Crippen LogP contribution in [-0.2, 0) is 16.3 Å². The normalized spacial score (nSPS) is 28.3. The Morgan fingerprint density at radius 1 is 1.50 bits per heavy atom. The minimum atomic E-state index is -2.83. The van der Waals surface area contributed by atoms with Gasteiger partial charge in [0.25, 0.3) is 0 Å². The number of hydrogen-bond acceptors (Lipinski definition) is 4. The fourth-order valence-corrected chi connectivity index (χ4v) is 5.22. The van der Waals surface area contributed by atoms with Crippen LogP contribution in [0.5, 0.6) is 0 Å². The Morgan fingerprint density at radius 3 is 2.81 bits per heavy atom. The molecule has 1 aromatic rings. The maximum absolute atomic E-state index is 11.5. The lowest BCUT2D eigenvalue weighted by Gasteiger charge is -2.25. The van der Waals surface area contributed by atoms with E-state index in [-0.39, 0.29) is 11.2 Å². The molecule has 0 aliphatic carbocycles. The molecule has 16 heavy (non-hydrogen) atoms. The zero-order chi connectivity index (χ0) is 11.6. The Labute approximate surface area is 101 Å². The smallest absolute Gasteiger partial charge is 0.150 e. The second-order valence-corrected chi connectivity index (χ2v) is 7.84. The Bertz CT molecular complexity index is 439. The first-order valence-corrected chi connectivity index (χ1v) is 8.18. The van der Waals surface area contributed by atoms with Crippen molar-refractivity contribution in [1.29, 1.82) is 0 Å². The minimum absolute atomic E-state index is 0.164. The van der Waals surface area contributed by atoms with Gasteiger partial charge in [-0.25, -0.2) is 8.42 Å². The van der Waals surface area contributed by atoms with Gasteiger partial charge in [-0.2, -0.15) is 0 Å². The second kappa shape index (κ2) is 4.47. The molecule has 2 heterocycles. The topological polar surface area (TPSA) is 60.2 Å². The van der Waals surface area contributed by atoms with Crippen LogP contribution in [0.3, 0.4) is 0 Å². The predicted molar refractivity (Wildman–Crippen MR) is 67.4 cm³/mol. The van der Waals surface area contributed by atoms with E-state index in [2.05, 4.69) is 11.4 Å². The van der Waals surface area contributed by atoms with Crippen molar-refractivity contribution >= 4 is 21.2 Å². The highest BCUT2D eigenvalue weighted by atomic mass is 32.2. The van der Waals surface area contributed by atoms with Crippen LogP contribution in [0.4, 0.5) is 0 Å². The number of rotatable bonds is 4. The van der Waals surface area contributed by atoms with E-state index in [0.717, 1.165) is 19.3 Å². The fourth-order valence-electron chi connectivity index (χ4n) is 2.29. The van der Waals surface area contributed by atoms with Crippen molar-refractivity contribution in [2.24, 2.45) is 11.1 Å². The standard InChI is InChI=1S/C11H17NO2S2/c12-8-11(5-7-16(13,14)9-11)4-3-10-2-1-6-15-10/h1-2,6H,3-5,7-9,12H2. The van der Waals surface area contributed by atoms with Crippen molar-refractivity contribution in [3.8, 4) is 0 Å². The molecular formula is C11H17NO2S2. The first-order valence-electron chi connectivity index (χ1n) is 5.48. The van der Waals surface area contributed by atoms with Crippen LogP contribution in [0, 0.1) is 5.41 Å². The summed E-state index contributed by atoms with van der Waals surface area (Å²) in [6, 6.07) is 4.12. The van der Waals surface area contributed by atoms with Gasteiger partial charge < -0.3 is 5.73 Å². The van der Waals surface area contributed by atoms with Gasteiger partial charge in [-0.05, 0) is 42.7 Å². The summed E-state index contributed by atoms with van der Waals surface area (Å²) in [6.45, 7) is 0.484. The summed E-state index contributed by atoms with van der Waals surface area (Å²) >= 11 is 1.73. The fraction of sp³-hybridized carbons (Fsp3) is 0.636. The van der Waals surface area contributed by atoms with Gasteiger partial charge in [0.1, 0.15) is 0 Å². The number of aryl methyl sites for hydroxylation is 1. The molecule has 3 nitrogen and oxygen atoms in total. The number of nitrogens with two attached hydrogens (primary N) is 1. The lowest BCUT2D eigenvalue weighted by molar-refractivity contribution is 0.319. The van der Waals surface area contributed by atoms with Crippen molar-refractivity contribution < 1.29 is 8.42 Å². The van der Waals surface area contributed by atoms with Crippen LogP contribution in [-0.4, -0.2) is 26.5 Å². The van der Waals surface area contributed by atoms with E-state index in [1.807, 2.05) is 6.07 Å². The molecule has 0 amide bonds. The van der Waals surface area contributed by atoms with E-state index < -0.39 is 9.84 Å². The average Bonchev–Trinajstić information content (AvgIpc) is 2.84. The molecule has 5 heteroatoms. The van der Waals surface area contributed by atoms with Crippen molar-refractivity contribution in [3.63, 3.8) is 0 Å². The number of hydrogen-bond donors (Lipinski definition) is 1. The third kappa shape index (κ3) is 2.64. The molecule has 90 valence electrons. The van der Waals surface area contributed by atoms with Crippen molar-refractivity contribution in [2.75, 3.05) is 18.1 Å². The molecule has 1 saturated heterocycles. The molecule has 0 aromatic carbocycles. The van der Waals surface area contributed by atoms with Crippen molar-refractivity contribution in [1.82, 2.24) is 0 Å². The molecule has 0 saturated carbocycles. The zero-order valence-corrected chi connectivity index (χ0v) is 10.8. The van der Waals surface area contributed by atoms with Crippen LogP contribution in [0.2, 0.25) is 0 Å². The van der Waals surface area contributed by atoms with E-state index in [0.29, 0.717) is 12.3 Å². The highest BCUT2D eigenvalue weighted by Crippen LogP contribution is 2.36. The summed E-state index contributed by atoms with van der Waals surface area (Å²) in [7, 11) is -2.83. The van der Waals surface area contributed by atoms with E-state index in [4.69, 9.17) is 5.73 Å². The quantitative estimate of drug-likeness (QED) is 0.890. The maximum Gasteiger partial charge on any atom is 0.150 e.